The van der Waals surface area contributed by atoms with E-state index < -0.39 is 9.84 Å². The average Bonchev–Trinajstić information content (AvgIpc) is 2.19. The molecule has 0 bridgehead atoms. The average molecular weight is 306 g/mol. The molecule has 3 nitrogen and oxygen atoms in total. The maximum atomic E-state index is 11.7. The monoisotopic (exact) mass is 305 g/mol. The summed E-state index contributed by atoms with van der Waals surface area (Å²) in [4.78, 5) is 0. The van der Waals surface area contributed by atoms with Crippen molar-refractivity contribution in [3.63, 3.8) is 0 Å². The largest absolute Gasteiger partial charge is 0.399 e. The van der Waals surface area contributed by atoms with E-state index in [1.165, 1.54) is 0 Å². The van der Waals surface area contributed by atoms with E-state index in [0.29, 0.717) is 5.69 Å². The molecule has 1 aromatic carbocycles. The lowest BCUT2D eigenvalue weighted by Crippen LogP contribution is -2.09. The number of nitrogen functional groups attached to an aromatic ring is 1. The molecule has 0 radical (unpaired) electrons. The van der Waals surface area contributed by atoms with Gasteiger partial charge in [-0.15, -0.1) is 0 Å². The Bertz CT molecular complexity index is 457. The summed E-state index contributed by atoms with van der Waals surface area (Å²) in [7, 11) is -3.00. The zero-order valence-corrected chi connectivity index (χ0v) is 11.6. The number of hydrogen-bond donors (Lipinski definition) is 1. The van der Waals surface area contributed by atoms with Crippen molar-refractivity contribution >= 4 is 31.5 Å². The number of anilines is 1. The number of hydrogen-bond acceptors (Lipinski definition) is 3. The maximum absolute atomic E-state index is 11.7. The van der Waals surface area contributed by atoms with Gasteiger partial charge in [-0.3, -0.25) is 0 Å². The third kappa shape index (κ3) is 4.14. The topological polar surface area (TPSA) is 60.2 Å². The number of nitrogens with two attached hydrogens (primary N) is 1. The van der Waals surface area contributed by atoms with Crippen LogP contribution in [0.2, 0.25) is 0 Å². The number of unbranched alkanes of at least 4 members (excludes halogenated alkanes) is 1. The highest BCUT2D eigenvalue weighted by atomic mass is 79.9. The summed E-state index contributed by atoms with van der Waals surface area (Å²) in [5, 5.41) is 0. The van der Waals surface area contributed by atoms with E-state index in [9.17, 15) is 8.42 Å². The van der Waals surface area contributed by atoms with Crippen molar-refractivity contribution in [3.8, 4) is 0 Å². The van der Waals surface area contributed by atoms with Gasteiger partial charge in [0.2, 0.25) is 0 Å². The van der Waals surface area contributed by atoms with Gasteiger partial charge in [0.1, 0.15) is 0 Å². The van der Waals surface area contributed by atoms with E-state index >= 15 is 0 Å². The van der Waals surface area contributed by atoms with Crippen LogP contribution in [0, 0.1) is 0 Å². The number of halogens is 1. The van der Waals surface area contributed by atoms with Gasteiger partial charge in [-0.2, -0.15) is 0 Å². The van der Waals surface area contributed by atoms with E-state index in [2.05, 4.69) is 15.9 Å². The lowest BCUT2D eigenvalue weighted by molar-refractivity contribution is 0.592. The Kier molecular flexibility index (Phi) is 4.80. The summed E-state index contributed by atoms with van der Waals surface area (Å²) in [5.41, 5.74) is 6.99. The SMILES string of the molecule is CCCCS(=O)(=O)Cc1ccc(N)cc1Br. The third-order valence-electron chi connectivity index (χ3n) is 2.26. The molecule has 16 heavy (non-hydrogen) atoms. The van der Waals surface area contributed by atoms with E-state index in [4.69, 9.17) is 5.73 Å². The van der Waals surface area contributed by atoms with E-state index in [-0.39, 0.29) is 11.5 Å². The smallest absolute Gasteiger partial charge is 0.154 e. The number of benzene rings is 1. The normalized spacial score (nSPS) is 11.6. The minimum atomic E-state index is -3.00. The van der Waals surface area contributed by atoms with Crippen LogP contribution in [0.4, 0.5) is 5.69 Å². The summed E-state index contributed by atoms with van der Waals surface area (Å²) < 4.78 is 24.2. The molecule has 0 saturated carbocycles. The molecule has 1 rings (SSSR count). The first-order valence-corrected chi connectivity index (χ1v) is 7.80. The zero-order chi connectivity index (χ0) is 12.2. The quantitative estimate of drug-likeness (QED) is 0.851. The second kappa shape index (κ2) is 5.68. The highest BCUT2D eigenvalue weighted by Gasteiger charge is 2.13. The molecule has 0 fully saturated rings. The fourth-order valence-electron chi connectivity index (χ4n) is 1.35. The molecule has 0 aliphatic heterocycles. The maximum Gasteiger partial charge on any atom is 0.154 e. The van der Waals surface area contributed by atoms with Crippen LogP contribution in [0.25, 0.3) is 0 Å². The van der Waals surface area contributed by atoms with Crippen LogP contribution in [0.15, 0.2) is 22.7 Å². The van der Waals surface area contributed by atoms with Crippen molar-refractivity contribution in [1.29, 1.82) is 0 Å². The molecule has 0 aromatic heterocycles. The van der Waals surface area contributed by atoms with Crippen molar-refractivity contribution in [2.75, 3.05) is 11.5 Å². The molecule has 0 saturated heterocycles. The molecule has 0 atom stereocenters. The highest BCUT2D eigenvalue weighted by molar-refractivity contribution is 9.10. The Hall–Kier alpha value is -0.550. The van der Waals surface area contributed by atoms with Gasteiger partial charge in [0.15, 0.2) is 9.84 Å². The van der Waals surface area contributed by atoms with Gasteiger partial charge >= 0.3 is 0 Å². The van der Waals surface area contributed by atoms with Crippen LogP contribution in [0.5, 0.6) is 0 Å². The van der Waals surface area contributed by atoms with Gasteiger partial charge in [-0.1, -0.05) is 35.3 Å². The molecule has 0 amide bonds. The summed E-state index contributed by atoms with van der Waals surface area (Å²) in [5.74, 6) is 0.328. The second-order valence-electron chi connectivity index (χ2n) is 3.80. The molecule has 0 heterocycles. The number of sulfone groups is 1. The minimum Gasteiger partial charge on any atom is -0.399 e. The summed E-state index contributed by atoms with van der Waals surface area (Å²) in [6, 6.07) is 5.20. The van der Waals surface area contributed by atoms with Gasteiger partial charge in [0.05, 0.1) is 11.5 Å². The molecule has 90 valence electrons. The molecule has 5 heteroatoms. The van der Waals surface area contributed by atoms with Gasteiger partial charge in [0, 0.05) is 10.2 Å². The van der Waals surface area contributed by atoms with Crippen LogP contribution in [-0.2, 0) is 15.6 Å². The van der Waals surface area contributed by atoms with Crippen molar-refractivity contribution in [2.45, 2.75) is 25.5 Å². The Morgan fingerprint density at radius 3 is 2.62 bits per heavy atom. The van der Waals surface area contributed by atoms with Crippen LogP contribution in [0.1, 0.15) is 25.3 Å². The van der Waals surface area contributed by atoms with E-state index in [0.717, 1.165) is 22.9 Å². The van der Waals surface area contributed by atoms with Gasteiger partial charge in [0.25, 0.3) is 0 Å². The van der Waals surface area contributed by atoms with Crippen molar-refractivity contribution in [2.24, 2.45) is 0 Å². The first-order valence-electron chi connectivity index (χ1n) is 5.19. The molecular weight excluding hydrogens is 290 g/mol. The Morgan fingerprint density at radius 1 is 1.38 bits per heavy atom. The van der Waals surface area contributed by atoms with Crippen LogP contribution in [0.3, 0.4) is 0 Å². The third-order valence-corrected chi connectivity index (χ3v) is 4.66. The molecule has 2 N–H and O–H groups in total. The zero-order valence-electron chi connectivity index (χ0n) is 9.24. The van der Waals surface area contributed by atoms with Crippen molar-refractivity contribution < 1.29 is 8.42 Å². The summed E-state index contributed by atoms with van der Waals surface area (Å²) in [6.45, 7) is 1.98. The molecule has 0 aliphatic rings. The Labute approximate surface area is 105 Å². The van der Waals surface area contributed by atoms with E-state index in [1.807, 2.05) is 6.92 Å². The van der Waals surface area contributed by atoms with Gasteiger partial charge in [-0.05, 0) is 24.1 Å². The molecule has 1 aromatic rings. The number of rotatable bonds is 5. The fourth-order valence-corrected chi connectivity index (χ4v) is 3.67. The molecule has 0 unspecified atom stereocenters. The lowest BCUT2D eigenvalue weighted by atomic mass is 10.2. The molecular formula is C11H16BrNO2S. The predicted molar refractivity (Wildman–Crippen MR) is 71.0 cm³/mol. The summed E-state index contributed by atoms with van der Waals surface area (Å²) in [6.07, 6.45) is 1.61. The lowest BCUT2D eigenvalue weighted by Gasteiger charge is -2.06. The fraction of sp³-hybridized carbons (Fsp3) is 0.455. The Balaban J connectivity index is 2.80. The van der Waals surface area contributed by atoms with Crippen LogP contribution in [-0.4, -0.2) is 14.2 Å². The summed E-state index contributed by atoms with van der Waals surface area (Å²) >= 11 is 3.32. The first-order chi connectivity index (χ1) is 7.44. The van der Waals surface area contributed by atoms with Crippen molar-refractivity contribution in [3.05, 3.63) is 28.2 Å². The van der Waals surface area contributed by atoms with Gasteiger partial charge < -0.3 is 5.73 Å². The minimum absolute atomic E-state index is 0.0772. The Morgan fingerprint density at radius 2 is 2.06 bits per heavy atom. The van der Waals surface area contributed by atoms with Crippen molar-refractivity contribution in [1.82, 2.24) is 0 Å². The van der Waals surface area contributed by atoms with Crippen LogP contribution >= 0.6 is 15.9 Å². The van der Waals surface area contributed by atoms with Crippen LogP contribution < -0.4 is 5.73 Å². The first kappa shape index (κ1) is 13.5. The van der Waals surface area contributed by atoms with Gasteiger partial charge in [-0.25, -0.2) is 8.42 Å². The molecule has 0 aliphatic carbocycles. The van der Waals surface area contributed by atoms with E-state index in [1.54, 1.807) is 18.2 Å². The second-order valence-corrected chi connectivity index (χ2v) is 6.83. The molecule has 0 spiro atoms. The standard InChI is InChI=1S/C11H16BrNO2S/c1-2-3-6-16(14,15)8-9-4-5-10(13)7-11(9)12/h4-5,7H,2-3,6,8,13H2,1H3. The predicted octanol–water partition coefficient (Wildman–Crippen LogP) is 2.75. The highest BCUT2D eigenvalue weighted by Crippen LogP contribution is 2.22.